The van der Waals surface area contributed by atoms with Gasteiger partial charge in [0.2, 0.25) is 0 Å². The van der Waals surface area contributed by atoms with Crippen molar-refractivity contribution < 1.29 is 29.0 Å². The molecule has 0 spiro atoms. The summed E-state index contributed by atoms with van der Waals surface area (Å²) in [5.74, 6) is 2.56. The Morgan fingerprint density at radius 1 is 0.897 bits per heavy atom. The Kier molecular flexibility index (Phi) is 9.15. The van der Waals surface area contributed by atoms with Gasteiger partial charge in [0.25, 0.3) is 0 Å². The van der Waals surface area contributed by atoms with Crippen LogP contribution in [0.15, 0.2) is 24.7 Å². The SMILES string of the molecule is C=C(CCC1C(=O)CC2CC[C@@H]3[C@@H](CC[C@]4(C)C(O)CC[C@@H]34)[C@@]2(C)C1CCC(=C)OC(=O)CC)OC(=O)CC. The predicted molar refractivity (Wildman–Crippen MR) is 150 cm³/mol. The largest absolute Gasteiger partial charge is 0.432 e. The second kappa shape index (κ2) is 11.9. The second-order valence-electron chi connectivity index (χ2n) is 13.3. The van der Waals surface area contributed by atoms with E-state index in [1.807, 2.05) is 0 Å². The summed E-state index contributed by atoms with van der Waals surface area (Å²) in [6.45, 7) is 16.3. The van der Waals surface area contributed by atoms with Gasteiger partial charge in [0.15, 0.2) is 0 Å². The van der Waals surface area contributed by atoms with Gasteiger partial charge in [-0.3, -0.25) is 14.4 Å². The maximum Gasteiger partial charge on any atom is 0.310 e. The highest BCUT2D eigenvalue weighted by Crippen LogP contribution is 2.68. The van der Waals surface area contributed by atoms with Crippen molar-refractivity contribution in [2.24, 2.45) is 46.3 Å². The number of aliphatic hydroxyl groups is 1. The van der Waals surface area contributed by atoms with Crippen molar-refractivity contribution in [3.63, 3.8) is 0 Å². The molecule has 9 atom stereocenters. The number of aliphatic hydroxyl groups excluding tert-OH is 1. The van der Waals surface area contributed by atoms with Crippen molar-refractivity contribution >= 4 is 17.7 Å². The molecule has 4 unspecified atom stereocenters. The quantitative estimate of drug-likeness (QED) is 0.238. The Morgan fingerprint density at radius 3 is 2.13 bits per heavy atom. The lowest BCUT2D eigenvalue weighted by Gasteiger charge is -2.63. The van der Waals surface area contributed by atoms with Gasteiger partial charge in [0, 0.05) is 38.0 Å². The minimum Gasteiger partial charge on any atom is -0.432 e. The zero-order chi connectivity index (χ0) is 28.5. The molecule has 0 bridgehead atoms. The Hall–Kier alpha value is -1.95. The zero-order valence-corrected chi connectivity index (χ0v) is 24.6. The number of fused-ring (bicyclic) bond motifs is 5. The van der Waals surface area contributed by atoms with Crippen molar-refractivity contribution in [3.8, 4) is 0 Å². The van der Waals surface area contributed by atoms with Gasteiger partial charge in [-0.05, 0) is 91.8 Å². The van der Waals surface area contributed by atoms with E-state index in [1.165, 1.54) is 0 Å². The van der Waals surface area contributed by atoms with Crippen LogP contribution in [-0.4, -0.2) is 28.9 Å². The number of rotatable bonds is 10. The lowest BCUT2D eigenvalue weighted by molar-refractivity contribution is -0.170. The number of allylic oxidation sites excluding steroid dienone is 2. The molecule has 39 heavy (non-hydrogen) atoms. The number of carbonyl (C=O) groups is 3. The third kappa shape index (κ3) is 5.64. The number of carbonyl (C=O) groups excluding carboxylic acids is 3. The number of ketones is 1. The average molecular weight is 543 g/mol. The molecule has 0 aliphatic heterocycles. The first kappa shape index (κ1) is 30.0. The topological polar surface area (TPSA) is 89.9 Å². The number of Topliss-reactive ketones (excluding diaryl/α,β-unsaturated/α-hetero) is 1. The number of esters is 2. The van der Waals surface area contributed by atoms with E-state index in [0.717, 1.165) is 44.9 Å². The summed E-state index contributed by atoms with van der Waals surface area (Å²) in [6, 6.07) is 0. The molecular formula is C33H50O6. The van der Waals surface area contributed by atoms with Gasteiger partial charge in [-0.2, -0.15) is 0 Å². The molecule has 0 radical (unpaired) electrons. The van der Waals surface area contributed by atoms with Crippen LogP contribution in [0.25, 0.3) is 0 Å². The molecule has 0 aromatic rings. The van der Waals surface area contributed by atoms with E-state index in [9.17, 15) is 19.5 Å². The molecule has 0 aromatic heterocycles. The van der Waals surface area contributed by atoms with Crippen LogP contribution in [0.3, 0.4) is 0 Å². The molecule has 218 valence electrons. The van der Waals surface area contributed by atoms with Crippen LogP contribution in [0.2, 0.25) is 0 Å². The van der Waals surface area contributed by atoms with Crippen molar-refractivity contribution in [3.05, 3.63) is 24.7 Å². The molecule has 0 amide bonds. The van der Waals surface area contributed by atoms with Crippen molar-refractivity contribution in [2.45, 2.75) is 117 Å². The highest BCUT2D eigenvalue weighted by molar-refractivity contribution is 5.83. The van der Waals surface area contributed by atoms with Crippen LogP contribution in [0.4, 0.5) is 0 Å². The van der Waals surface area contributed by atoms with Gasteiger partial charge in [-0.1, -0.05) is 40.9 Å². The lowest BCUT2D eigenvalue weighted by Crippen LogP contribution is -2.59. The standard InChI is InChI=1S/C33H50O6/c1-7-30(36)38-20(3)9-12-24-26(14-10-21(4)39-31(37)8-2)33(6)22(19-28(24)34)11-13-23-25-15-16-29(35)32(25,5)18-17-27(23)33/h22-27,29,35H,3-4,7-19H2,1-2,5-6H3/t22?,23-,24?,25-,26?,27+,29?,32-,33+/m0/s1. The summed E-state index contributed by atoms with van der Waals surface area (Å²) in [6.07, 6.45) is 9.70. The van der Waals surface area contributed by atoms with Crippen LogP contribution >= 0.6 is 0 Å². The van der Waals surface area contributed by atoms with E-state index in [4.69, 9.17) is 9.47 Å². The van der Waals surface area contributed by atoms with Crippen LogP contribution in [0.1, 0.15) is 111 Å². The van der Waals surface area contributed by atoms with Gasteiger partial charge in [0.1, 0.15) is 17.3 Å². The highest BCUT2D eigenvalue weighted by Gasteiger charge is 2.63. The maximum atomic E-state index is 13.7. The Morgan fingerprint density at radius 2 is 1.51 bits per heavy atom. The summed E-state index contributed by atoms with van der Waals surface area (Å²) in [7, 11) is 0. The molecule has 4 aliphatic rings. The monoisotopic (exact) mass is 542 g/mol. The Balaban J connectivity index is 1.61. The number of hydrogen-bond donors (Lipinski definition) is 1. The third-order valence-electron chi connectivity index (χ3n) is 11.6. The summed E-state index contributed by atoms with van der Waals surface area (Å²) in [5, 5.41) is 10.9. The summed E-state index contributed by atoms with van der Waals surface area (Å²) in [4.78, 5) is 37.4. The molecule has 6 nitrogen and oxygen atoms in total. The van der Waals surface area contributed by atoms with Gasteiger partial charge < -0.3 is 14.6 Å². The van der Waals surface area contributed by atoms with E-state index < -0.39 is 0 Å². The molecule has 0 heterocycles. The molecule has 4 saturated carbocycles. The van der Waals surface area contributed by atoms with Crippen LogP contribution in [0.5, 0.6) is 0 Å². The van der Waals surface area contributed by atoms with Gasteiger partial charge in [-0.15, -0.1) is 0 Å². The third-order valence-corrected chi connectivity index (χ3v) is 11.6. The van der Waals surface area contributed by atoms with E-state index in [2.05, 4.69) is 27.0 Å². The minimum atomic E-state index is -0.299. The Bertz CT molecular complexity index is 985. The number of hydrogen-bond acceptors (Lipinski definition) is 6. The summed E-state index contributed by atoms with van der Waals surface area (Å²) in [5.41, 5.74) is -0.0138. The smallest absolute Gasteiger partial charge is 0.310 e. The van der Waals surface area contributed by atoms with E-state index in [1.54, 1.807) is 13.8 Å². The first-order chi connectivity index (χ1) is 18.4. The van der Waals surface area contributed by atoms with Crippen molar-refractivity contribution in [2.75, 3.05) is 0 Å². The summed E-state index contributed by atoms with van der Waals surface area (Å²) >= 11 is 0. The minimum absolute atomic E-state index is 0.00723. The van der Waals surface area contributed by atoms with Crippen LogP contribution in [0, 0.1) is 46.3 Å². The Labute approximate surface area is 235 Å². The van der Waals surface area contributed by atoms with E-state index in [-0.39, 0.29) is 40.7 Å². The fourth-order valence-corrected chi connectivity index (χ4v) is 9.47. The summed E-state index contributed by atoms with van der Waals surface area (Å²) < 4.78 is 10.8. The second-order valence-corrected chi connectivity index (χ2v) is 13.3. The van der Waals surface area contributed by atoms with Crippen LogP contribution in [-0.2, 0) is 23.9 Å². The van der Waals surface area contributed by atoms with Crippen molar-refractivity contribution in [1.82, 2.24) is 0 Å². The average Bonchev–Trinajstić information content (AvgIpc) is 3.20. The van der Waals surface area contributed by atoms with E-state index in [0.29, 0.717) is 79.5 Å². The molecule has 0 aromatic carbocycles. The van der Waals surface area contributed by atoms with Crippen LogP contribution < -0.4 is 0 Å². The predicted octanol–water partition coefficient (Wildman–Crippen LogP) is 6.91. The molecular weight excluding hydrogens is 492 g/mol. The molecule has 6 heteroatoms. The first-order valence-electron chi connectivity index (χ1n) is 15.4. The number of ether oxygens (including phenoxy) is 2. The van der Waals surface area contributed by atoms with Crippen molar-refractivity contribution in [1.29, 1.82) is 0 Å². The van der Waals surface area contributed by atoms with E-state index >= 15 is 0 Å². The molecule has 1 N–H and O–H groups in total. The normalized spacial score (nSPS) is 39.2. The highest BCUT2D eigenvalue weighted by atomic mass is 16.5. The first-order valence-corrected chi connectivity index (χ1v) is 15.4. The zero-order valence-electron chi connectivity index (χ0n) is 24.6. The van der Waals surface area contributed by atoms with Gasteiger partial charge >= 0.3 is 11.9 Å². The molecule has 4 aliphatic carbocycles. The molecule has 4 fully saturated rings. The molecule has 4 rings (SSSR count). The fraction of sp³-hybridized carbons (Fsp3) is 0.788. The van der Waals surface area contributed by atoms with Gasteiger partial charge in [0.05, 0.1) is 6.10 Å². The van der Waals surface area contributed by atoms with Gasteiger partial charge in [-0.25, -0.2) is 0 Å². The molecule has 0 saturated heterocycles. The lowest BCUT2D eigenvalue weighted by atomic mass is 9.41. The fourth-order valence-electron chi connectivity index (χ4n) is 9.47. The maximum absolute atomic E-state index is 13.7.